The number of aliphatic imine (C=N–C) groups is 1. The van der Waals surface area contributed by atoms with Crippen LogP contribution in [-0.4, -0.2) is 63.8 Å². The first-order valence-electron chi connectivity index (χ1n) is 10.3. The van der Waals surface area contributed by atoms with Crippen LogP contribution in [0.1, 0.15) is 29.7 Å². The molecule has 1 aliphatic carbocycles. The van der Waals surface area contributed by atoms with Crippen LogP contribution < -0.4 is 5.73 Å². The standard InChI is InChI=1S/C20H24F3N5OS/c21-20(22,23)13-5-12-9-27(3-1-16(12)26-8-13)17(29)19-7-15(24)6-14(19)10-28(11-19)18-25-2-4-30-18/h5,8,14-15H,1-4,6-7,9-11,24H2/t14-,15+,19-/m0/s1. The second kappa shape index (κ2) is 7.12. The third-order valence-electron chi connectivity index (χ3n) is 6.83. The largest absolute Gasteiger partial charge is 0.417 e. The van der Waals surface area contributed by atoms with Crippen molar-refractivity contribution in [3.8, 4) is 0 Å². The predicted molar refractivity (Wildman–Crippen MR) is 108 cm³/mol. The maximum Gasteiger partial charge on any atom is 0.417 e. The molecule has 1 saturated heterocycles. The molecule has 10 heteroatoms. The van der Waals surface area contributed by atoms with Crippen LogP contribution in [0.25, 0.3) is 0 Å². The van der Waals surface area contributed by atoms with Crippen LogP contribution in [0.4, 0.5) is 13.2 Å². The molecule has 0 spiro atoms. The Hall–Kier alpha value is -1.81. The van der Waals surface area contributed by atoms with Gasteiger partial charge in [-0.2, -0.15) is 13.2 Å². The zero-order chi connectivity index (χ0) is 21.1. The molecule has 3 atom stereocenters. The number of nitrogens with two attached hydrogens (primary N) is 1. The van der Waals surface area contributed by atoms with E-state index in [1.54, 1.807) is 16.7 Å². The van der Waals surface area contributed by atoms with Gasteiger partial charge in [0.05, 0.1) is 17.5 Å². The molecule has 2 fully saturated rings. The normalized spacial score (nSPS) is 31.0. The van der Waals surface area contributed by atoms with Crippen LogP contribution in [0.5, 0.6) is 0 Å². The summed E-state index contributed by atoms with van der Waals surface area (Å²) in [5, 5.41) is 1.01. The SMILES string of the molecule is N[C@@H]1C[C@H]2CN(C3=NCCS3)C[C@@]2(C(=O)N2CCc3ncc(C(F)(F)F)cc3C2)C1. The molecule has 162 valence electrons. The fourth-order valence-corrected chi connectivity index (χ4v) is 6.35. The van der Waals surface area contributed by atoms with Gasteiger partial charge in [0.1, 0.15) is 0 Å². The van der Waals surface area contributed by atoms with E-state index in [1.807, 2.05) is 0 Å². The van der Waals surface area contributed by atoms with Crippen molar-refractivity contribution in [2.75, 3.05) is 31.9 Å². The van der Waals surface area contributed by atoms with E-state index in [2.05, 4.69) is 14.9 Å². The lowest BCUT2D eigenvalue weighted by molar-refractivity contribution is -0.143. The van der Waals surface area contributed by atoms with E-state index in [9.17, 15) is 18.0 Å². The highest BCUT2D eigenvalue weighted by molar-refractivity contribution is 8.14. The van der Waals surface area contributed by atoms with Crippen molar-refractivity contribution in [3.05, 3.63) is 29.1 Å². The molecular weight excluding hydrogens is 415 g/mol. The summed E-state index contributed by atoms with van der Waals surface area (Å²) in [7, 11) is 0. The molecule has 0 radical (unpaired) electrons. The number of carbonyl (C=O) groups is 1. The Kier molecular flexibility index (Phi) is 4.77. The number of rotatable bonds is 1. The van der Waals surface area contributed by atoms with Gasteiger partial charge in [-0.3, -0.25) is 14.8 Å². The second-order valence-electron chi connectivity index (χ2n) is 8.75. The summed E-state index contributed by atoms with van der Waals surface area (Å²) in [6, 6.07) is 1.12. The maximum absolute atomic E-state index is 13.8. The molecule has 4 heterocycles. The third-order valence-corrected chi connectivity index (χ3v) is 7.86. The maximum atomic E-state index is 13.8. The average Bonchev–Trinajstić information content (AvgIpc) is 3.40. The number of amides is 1. The molecular formula is C20H24F3N5OS. The monoisotopic (exact) mass is 439 g/mol. The van der Waals surface area contributed by atoms with Crippen LogP contribution in [0.3, 0.4) is 0 Å². The summed E-state index contributed by atoms with van der Waals surface area (Å²) < 4.78 is 39.3. The Bertz CT molecular complexity index is 907. The molecule has 0 unspecified atom stereocenters. The topological polar surface area (TPSA) is 74.8 Å². The van der Waals surface area contributed by atoms with Crippen LogP contribution in [0.2, 0.25) is 0 Å². The number of alkyl halides is 3. The van der Waals surface area contributed by atoms with Gasteiger partial charge in [0.15, 0.2) is 5.17 Å². The molecule has 1 aromatic heterocycles. The van der Waals surface area contributed by atoms with Crippen molar-refractivity contribution >= 4 is 22.8 Å². The van der Waals surface area contributed by atoms with Gasteiger partial charge in [-0.1, -0.05) is 11.8 Å². The number of carbonyl (C=O) groups excluding carboxylic acids is 1. The number of halogens is 3. The number of pyridine rings is 1. The van der Waals surface area contributed by atoms with Crippen molar-refractivity contribution in [3.63, 3.8) is 0 Å². The molecule has 2 N–H and O–H groups in total. The number of nitrogens with zero attached hydrogens (tertiary/aromatic N) is 4. The Balaban J connectivity index is 1.40. The highest BCUT2D eigenvalue weighted by Crippen LogP contribution is 2.50. The number of hydrogen-bond acceptors (Lipinski definition) is 6. The lowest BCUT2D eigenvalue weighted by Gasteiger charge is -2.37. The van der Waals surface area contributed by atoms with Crippen LogP contribution in [-0.2, 0) is 23.9 Å². The number of aromatic nitrogens is 1. The van der Waals surface area contributed by atoms with Crippen LogP contribution in [0.15, 0.2) is 17.3 Å². The summed E-state index contributed by atoms with van der Waals surface area (Å²) in [5.74, 6) is 1.15. The number of likely N-dealkylation sites (tertiary alicyclic amines) is 1. The van der Waals surface area contributed by atoms with Gasteiger partial charge < -0.3 is 15.5 Å². The molecule has 1 saturated carbocycles. The van der Waals surface area contributed by atoms with E-state index in [0.717, 1.165) is 42.7 Å². The van der Waals surface area contributed by atoms with E-state index in [-0.39, 0.29) is 24.4 Å². The number of fused-ring (bicyclic) bond motifs is 2. The lowest BCUT2D eigenvalue weighted by Crippen LogP contribution is -2.49. The summed E-state index contributed by atoms with van der Waals surface area (Å²) in [5.41, 5.74) is 6.06. The summed E-state index contributed by atoms with van der Waals surface area (Å²) in [6.45, 7) is 2.82. The van der Waals surface area contributed by atoms with Crippen LogP contribution in [0, 0.1) is 11.3 Å². The fourth-order valence-electron chi connectivity index (χ4n) is 5.48. The smallest absolute Gasteiger partial charge is 0.350 e. The van der Waals surface area contributed by atoms with Gasteiger partial charge in [0, 0.05) is 56.3 Å². The van der Waals surface area contributed by atoms with E-state index in [4.69, 9.17) is 5.73 Å². The number of amidine groups is 1. The van der Waals surface area contributed by atoms with Crippen molar-refractivity contribution in [1.29, 1.82) is 0 Å². The summed E-state index contributed by atoms with van der Waals surface area (Å²) in [4.78, 5) is 26.3. The van der Waals surface area contributed by atoms with Crippen molar-refractivity contribution in [2.24, 2.45) is 22.1 Å². The third kappa shape index (κ3) is 3.28. The van der Waals surface area contributed by atoms with Gasteiger partial charge in [0.25, 0.3) is 0 Å². The van der Waals surface area contributed by atoms with E-state index in [1.165, 1.54) is 0 Å². The Morgan fingerprint density at radius 2 is 2.20 bits per heavy atom. The number of thioether (sulfide) groups is 1. The molecule has 6 nitrogen and oxygen atoms in total. The molecule has 3 aliphatic heterocycles. The van der Waals surface area contributed by atoms with Crippen molar-refractivity contribution in [2.45, 2.75) is 38.0 Å². The summed E-state index contributed by atoms with van der Waals surface area (Å²) in [6.07, 6.45) is -1.67. The molecule has 30 heavy (non-hydrogen) atoms. The van der Waals surface area contributed by atoms with E-state index in [0.29, 0.717) is 37.2 Å². The summed E-state index contributed by atoms with van der Waals surface area (Å²) >= 11 is 1.72. The highest BCUT2D eigenvalue weighted by Gasteiger charge is 2.58. The van der Waals surface area contributed by atoms with E-state index >= 15 is 0 Å². The predicted octanol–water partition coefficient (Wildman–Crippen LogP) is 2.13. The second-order valence-corrected chi connectivity index (χ2v) is 9.81. The first-order chi connectivity index (χ1) is 14.3. The molecule has 5 rings (SSSR count). The number of hydrogen-bond donors (Lipinski definition) is 1. The van der Waals surface area contributed by atoms with Crippen molar-refractivity contribution in [1.82, 2.24) is 14.8 Å². The quantitative estimate of drug-likeness (QED) is 0.726. The zero-order valence-corrected chi connectivity index (χ0v) is 17.3. The minimum atomic E-state index is -4.44. The molecule has 1 aromatic rings. The fraction of sp³-hybridized carbons (Fsp3) is 0.650. The van der Waals surface area contributed by atoms with Gasteiger partial charge in [-0.15, -0.1) is 0 Å². The van der Waals surface area contributed by atoms with E-state index < -0.39 is 17.2 Å². The average molecular weight is 440 g/mol. The Morgan fingerprint density at radius 3 is 2.93 bits per heavy atom. The van der Waals surface area contributed by atoms with Gasteiger partial charge in [0.2, 0.25) is 5.91 Å². The molecule has 1 amide bonds. The lowest BCUT2D eigenvalue weighted by atomic mass is 9.78. The van der Waals surface area contributed by atoms with Crippen molar-refractivity contribution < 1.29 is 18.0 Å². The zero-order valence-electron chi connectivity index (χ0n) is 16.5. The van der Waals surface area contributed by atoms with Gasteiger partial charge >= 0.3 is 6.18 Å². The minimum absolute atomic E-state index is 0.0187. The first kappa shape index (κ1) is 20.1. The highest BCUT2D eigenvalue weighted by atomic mass is 32.2. The van der Waals surface area contributed by atoms with Crippen LogP contribution >= 0.6 is 11.8 Å². The molecule has 0 aromatic carbocycles. The van der Waals surface area contributed by atoms with Gasteiger partial charge in [-0.25, -0.2) is 0 Å². The Labute approximate surface area is 177 Å². The Morgan fingerprint density at radius 1 is 1.37 bits per heavy atom. The minimum Gasteiger partial charge on any atom is -0.350 e. The molecule has 4 aliphatic rings. The van der Waals surface area contributed by atoms with Gasteiger partial charge in [-0.05, 0) is 30.4 Å². The molecule has 0 bridgehead atoms. The first-order valence-corrected chi connectivity index (χ1v) is 11.3.